The van der Waals surface area contributed by atoms with E-state index in [0.29, 0.717) is 6.07 Å². The number of rotatable bonds is 5. The van der Waals surface area contributed by atoms with E-state index in [1.807, 2.05) is 0 Å². The Morgan fingerprint density at radius 2 is 1.61 bits per heavy atom. The standard InChI is InChI=1S/C10H5Cl2F7N2O2.C7H4F2O/c11-2-1-3(21-8(20)22)5(13)4(12)6(2)23-10(18,19)7(14)9(15,16)17;8-6-2-1-3-7(9)5(6)4-10/h1,7H,(H3,20,21,22);1-4H. The molecular formula is C17H9Cl2F9N2O3. The summed E-state index contributed by atoms with van der Waals surface area (Å²) >= 11 is 10.7. The van der Waals surface area contributed by atoms with Crippen LogP contribution in [0.25, 0.3) is 0 Å². The average molecular weight is 531 g/mol. The SMILES string of the molecule is NC(=O)Nc1cc(Cl)c(OC(F)(F)C(F)C(F)(F)F)c(Cl)c1F.O=Cc1c(F)cccc1F. The lowest BCUT2D eigenvalue weighted by molar-refractivity contribution is -0.304. The monoisotopic (exact) mass is 530 g/mol. The number of benzene rings is 2. The van der Waals surface area contributed by atoms with Gasteiger partial charge in [-0.1, -0.05) is 29.3 Å². The van der Waals surface area contributed by atoms with Gasteiger partial charge in [-0.3, -0.25) is 4.79 Å². The summed E-state index contributed by atoms with van der Waals surface area (Å²) in [4.78, 5) is 20.6. The van der Waals surface area contributed by atoms with Crippen LogP contribution in [0.2, 0.25) is 10.0 Å². The first-order chi connectivity index (χ1) is 15.0. The average Bonchev–Trinajstić information content (AvgIpc) is 2.68. The first-order valence-corrected chi connectivity index (χ1v) is 8.69. The zero-order chi connectivity index (χ0) is 25.7. The number of nitrogens with one attached hydrogen (secondary N) is 1. The summed E-state index contributed by atoms with van der Waals surface area (Å²) in [6.45, 7) is 0. The number of alkyl halides is 6. The molecule has 0 aromatic heterocycles. The minimum Gasteiger partial charge on any atom is -0.427 e. The molecule has 0 saturated carbocycles. The first-order valence-electron chi connectivity index (χ1n) is 7.93. The van der Waals surface area contributed by atoms with Crippen LogP contribution in [-0.4, -0.2) is 30.8 Å². The number of anilines is 1. The fourth-order valence-corrected chi connectivity index (χ4v) is 2.43. The van der Waals surface area contributed by atoms with E-state index in [4.69, 9.17) is 28.9 Å². The highest BCUT2D eigenvalue weighted by Gasteiger charge is 2.59. The van der Waals surface area contributed by atoms with Gasteiger partial charge < -0.3 is 15.8 Å². The molecule has 5 nitrogen and oxygen atoms in total. The normalized spacial score (nSPS) is 12.3. The third kappa shape index (κ3) is 7.32. The number of primary amides is 1. The van der Waals surface area contributed by atoms with Crippen molar-refractivity contribution in [3.05, 3.63) is 57.3 Å². The topological polar surface area (TPSA) is 81.4 Å². The Bertz CT molecular complexity index is 1020. The summed E-state index contributed by atoms with van der Waals surface area (Å²) in [5.74, 6) is -4.68. The molecule has 16 heteroatoms. The van der Waals surface area contributed by atoms with Crippen molar-refractivity contribution in [2.24, 2.45) is 5.73 Å². The van der Waals surface area contributed by atoms with Gasteiger partial charge in [0.05, 0.1) is 16.3 Å². The molecule has 0 fully saturated rings. The van der Waals surface area contributed by atoms with Crippen LogP contribution in [0, 0.1) is 17.5 Å². The number of aldehydes is 1. The Kier molecular flexibility index (Phi) is 9.24. The van der Waals surface area contributed by atoms with E-state index in [1.165, 1.54) is 6.07 Å². The van der Waals surface area contributed by atoms with Crippen molar-refractivity contribution in [2.75, 3.05) is 5.32 Å². The maximum atomic E-state index is 13.7. The zero-order valence-electron chi connectivity index (χ0n) is 15.4. The van der Waals surface area contributed by atoms with E-state index in [1.54, 1.807) is 5.32 Å². The lowest BCUT2D eigenvalue weighted by Gasteiger charge is -2.24. The fraction of sp³-hybridized carbons (Fsp3) is 0.176. The largest absolute Gasteiger partial charge is 0.439 e. The van der Waals surface area contributed by atoms with Crippen LogP contribution >= 0.6 is 23.2 Å². The number of carbonyl (C=O) groups excluding carboxylic acids is 2. The maximum absolute atomic E-state index is 13.7. The van der Waals surface area contributed by atoms with Crippen molar-refractivity contribution in [1.82, 2.24) is 0 Å². The molecule has 182 valence electrons. The second-order valence-electron chi connectivity index (χ2n) is 5.67. The van der Waals surface area contributed by atoms with Gasteiger partial charge in [-0.25, -0.2) is 22.4 Å². The summed E-state index contributed by atoms with van der Waals surface area (Å²) in [7, 11) is 0. The number of carbonyl (C=O) groups is 2. The number of hydrogen-bond acceptors (Lipinski definition) is 3. The van der Waals surface area contributed by atoms with Gasteiger partial charge in [0.25, 0.3) is 6.17 Å². The molecule has 2 aromatic rings. The molecule has 1 unspecified atom stereocenters. The predicted octanol–water partition coefficient (Wildman–Crippen LogP) is 6.27. The Morgan fingerprint density at radius 3 is 2.00 bits per heavy atom. The summed E-state index contributed by atoms with van der Waals surface area (Å²) in [6.07, 6.45) is -15.9. The van der Waals surface area contributed by atoms with E-state index in [9.17, 15) is 49.1 Å². The third-order valence-electron chi connectivity index (χ3n) is 3.31. The van der Waals surface area contributed by atoms with Crippen LogP contribution < -0.4 is 15.8 Å². The second-order valence-corrected chi connectivity index (χ2v) is 6.46. The maximum Gasteiger partial charge on any atom is 0.439 e. The van der Waals surface area contributed by atoms with Crippen molar-refractivity contribution >= 4 is 41.2 Å². The van der Waals surface area contributed by atoms with E-state index in [0.717, 1.165) is 12.1 Å². The van der Waals surface area contributed by atoms with Crippen LogP contribution in [0.15, 0.2) is 24.3 Å². The van der Waals surface area contributed by atoms with E-state index >= 15 is 0 Å². The van der Waals surface area contributed by atoms with E-state index < -0.39 is 69.0 Å². The van der Waals surface area contributed by atoms with Crippen molar-refractivity contribution in [1.29, 1.82) is 0 Å². The van der Waals surface area contributed by atoms with Gasteiger partial charge in [0, 0.05) is 0 Å². The molecule has 2 rings (SSSR count). The highest BCUT2D eigenvalue weighted by atomic mass is 35.5. The smallest absolute Gasteiger partial charge is 0.427 e. The number of nitrogens with two attached hydrogens (primary N) is 1. The molecule has 0 radical (unpaired) electrons. The van der Waals surface area contributed by atoms with Crippen LogP contribution in [0.4, 0.5) is 50.0 Å². The first kappa shape index (κ1) is 28.2. The Hall–Kier alpha value is -2.87. The van der Waals surface area contributed by atoms with Gasteiger partial charge in [-0.2, -0.15) is 22.0 Å². The van der Waals surface area contributed by atoms with Crippen molar-refractivity contribution < 1.29 is 53.8 Å². The van der Waals surface area contributed by atoms with E-state index in [-0.39, 0.29) is 6.29 Å². The lowest BCUT2D eigenvalue weighted by atomic mass is 10.2. The molecule has 3 N–H and O–H groups in total. The minimum absolute atomic E-state index is 0.157. The van der Waals surface area contributed by atoms with Gasteiger partial charge in [-0.15, -0.1) is 0 Å². The Morgan fingerprint density at radius 1 is 1.09 bits per heavy atom. The highest BCUT2D eigenvalue weighted by Crippen LogP contribution is 2.44. The van der Waals surface area contributed by atoms with Crippen LogP contribution in [-0.2, 0) is 0 Å². The van der Waals surface area contributed by atoms with Gasteiger partial charge in [0.2, 0.25) is 0 Å². The zero-order valence-corrected chi connectivity index (χ0v) is 16.9. The second kappa shape index (κ2) is 10.8. The molecule has 1 atom stereocenters. The van der Waals surface area contributed by atoms with Crippen molar-refractivity contribution in [3.8, 4) is 5.75 Å². The number of amides is 2. The van der Waals surface area contributed by atoms with Gasteiger partial charge in [0.15, 0.2) is 17.9 Å². The number of hydrogen-bond donors (Lipinski definition) is 2. The molecule has 0 spiro atoms. The molecular weight excluding hydrogens is 522 g/mol. The summed E-state index contributed by atoms with van der Waals surface area (Å²) in [6, 6.07) is 2.49. The number of ether oxygens (including phenoxy) is 1. The van der Waals surface area contributed by atoms with Gasteiger partial charge in [-0.05, 0) is 18.2 Å². The molecule has 0 heterocycles. The minimum atomic E-state index is -5.95. The lowest BCUT2D eigenvalue weighted by Crippen LogP contribution is -2.45. The number of halogens is 11. The molecule has 0 aliphatic carbocycles. The summed E-state index contributed by atoms with van der Waals surface area (Å²) < 4.78 is 117. The Balaban J connectivity index is 0.000000451. The van der Waals surface area contributed by atoms with E-state index in [2.05, 4.69) is 4.74 Å². The molecule has 0 saturated heterocycles. The molecule has 2 aromatic carbocycles. The number of urea groups is 1. The van der Waals surface area contributed by atoms with Crippen LogP contribution in [0.5, 0.6) is 5.75 Å². The van der Waals surface area contributed by atoms with Gasteiger partial charge in [0.1, 0.15) is 16.7 Å². The molecule has 0 aliphatic rings. The molecule has 2 amide bonds. The molecule has 0 bridgehead atoms. The van der Waals surface area contributed by atoms with Crippen LogP contribution in [0.1, 0.15) is 10.4 Å². The Labute approximate surface area is 188 Å². The molecule has 0 aliphatic heterocycles. The predicted molar refractivity (Wildman–Crippen MR) is 97.9 cm³/mol. The quantitative estimate of drug-likeness (QED) is 0.271. The fourth-order valence-electron chi connectivity index (χ4n) is 1.90. The summed E-state index contributed by atoms with van der Waals surface area (Å²) in [5.41, 5.74) is 3.43. The molecule has 33 heavy (non-hydrogen) atoms. The van der Waals surface area contributed by atoms with Gasteiger partial charge >= 0.3 is 18.3 Å². The highest BCUT2D eigenvalue weighted by molar-refractivity contribution is 6.37. The van der Waals surface area contributed by atoms with Crippen molar-refractivity contribution in [2.45, 2.75) is 18.5 Å². The summed E-state index contributed by atoms with van der Waals surface area (Å²) in [5, 5.41) is -0.542. The third-order valence-corrected chi connectivity index (χ3v) is 3.93. The van der Waals surface area contributed by atoms with Crippen LogP contribution in [0.3, 0.4) is 0 Å². The van der Waals surface area contributed by atoms with Crippen molar-refractivity contribution in [3.63, 3.8) is 0 Å².